The summed E-state index contributed by atoms with van der Waals surface area (Å²) in [5.41, 5.74) is 2.64. The van der Waals surface area contributed by atoms with Crippen molar-refractivity contribution in [1.29, 1.82) is 0 Å². The van der Waals surface area contributed by atoms with Crippen molar-refractivity contribution in [2.75, 3.05) is 19.0 Å². The van der Waals surface area contributed by atoms with E-state index in [0.717, 1.165) is 40.7 Å². The first-order valence-corrected chi connectivity index (χ1v) is 12.6. The number of nitrogens with one attached hydrogen (secondary N) is 1. The van der Waals surface area contributed by atoms with Gasteiger partial charge in [0.1, 0.15) is 23.1 Å². The van der Waals surface area contributed by atoms with Crippen LogP contribution < -0.4 is 19.5 Å². The van der Waals surface area contributed by atoms with Crippen molar-refractivity contribution in [1.82, 2.24) is 24.7 Å². The second-order valence-electron chi connectivity index (χ2n) is 9.34. The molecule has 1 amide bonds. The molecule has 196 valence electrons. The topological polar surface area (TPSA) is 113 Å². The van der Waals surface area contributed by atoms with Gasteiger partial charge in [0.25, 0.3) is 5.91 Å². The van der Waals surface area contributed by atoms with E-state index in [2.05, 4.69) is 25.4 Å². The number of rotatable bonds is 9. The normalized spacial score (nSPS) is 12.8. The summed E-state index contributed by atoms with van der Waals surface area (Å²) >= 11 is 0. The fourth-order valence-corrected chi connectivity index (χ4v) is 4.12. The number of anilines is 1. The smallest absolute Gasteiger partial charge is 0.281 e. The molecular formula is C29H26N6O4. The number of hydrogen-bond acceptors (Lipinski definition) is 8. The second-order valence-corrected chi connectivity index (χ2v) is 9.34. The van der Waals surface area contributed by atoms with Crippen LogP contribution in [0.4, 0.5) is 5.82 Å². The highest BCUT2D eigenvalue weighted by atomic mass is 16.5. The van der Waals surface area contributed by atoms with E-state index in [1.807, 2.05) is 31.2 Å². The Labute approximate surface area is 224 Å². The zero-order valence-corrected chi connectivity index (χ0v) is 21.5. The molecule has 0 radical (unpaired) electrons. The van der Waals surface area contributed by atoms with Crippen molar-refractivity contribution in [3.05, 3.63) is 84.7 Å². The summed E-state index contributed by atoms with van der Waals surface area (Å²) in [6.07, 6.45) is 10.6. The van der Waals surface area contributed by atoms with E-state index in [9.17, 15) is 4.79 Å². The van der Waals surface area contributed by atoms with E-state index in [0.29, 0.717) is 35.6 Å². The van der Waals surface area contributed by atoms with Gasteiger partial charge in [-0.2, -0.15) is 5.10 Å². The quantitative estimate of drug-likeness (QED) is 0.275. The Morgan fingerprint density at radius 1 is 1.05 bits per heavy atom. The molecule has 5 aromatic rings. The number of nitrogens with zero attached hydrogens (tertiary/aromatic N) is 5. The van der Waals surface area contributed by atoms with Crippen LogP contribution in [0.25, 0.3) is 16.6 Å². The molecule has 1 aromatic carbocycles. The van der Waals surface area contributed by atoms with E-state index in [-0.39, 0.29) is 5.69 Å². The zero-order valence-electron chi connectivity index (χ0n) is 21.5. The fraction of sp³-hybridized carbons (Fsp3) is 0.207. The predicted molar refractivity (Wildman–Crippen MR) is 145 cm³/mol. The highest BCUT2D eigenvalue weighted by Gasteiger charge is 2.25. The maximum Gasteiger partial charge on any atom is 0.281 e. The Morgan fingerprint density at radius 3 is 2.69 bits per heavy atom. The first-order chi connectivity index (χ1) is 19.1. The van der Waals surface area contributed by atoms with Crippen molar-refractivity contribution < 1.29 is 19.0 Å². The lowest BCUT2D eigenvalue weighted by Crippen LogP contribution is -2.15. The van der Waals surface area contributed by atoms with Gasteiger partial charge in [-0.25, -0.2) is 9.67 Å². The minimum Gasteiger partial charge on any atom is -0.496 e. The number of aryl methyl sites for hydroxylation is 1. The first-order valence-electron chi connectivity index (χ1n) is 12.6. The molecule has 4 aromatic heterocycles. The Bertz CT molecular complexity index is 1630. The lowest BCUT2D eigenvalue weighted by atomic mass is 10.1. The van der Waals surface area contributed by atoms with Gasteiger partial charge in [-0.15, -0.1) is 0 Å². The molecule has 1 saturated carbocycles. The van der Waals surface area contributed by atoms with Gasteiger partial charge in [0.05, 0.1) is 43.5 Å². The second kappa shape index (κ2) is 10.4. The Morgan fingerprint density at radius 2 is 1.95 bits per heavy atom. The van der Waals surface area contributed by atoms with Crippen molar-refractivity contribution in [2.24, 2.45) is 5.92 Å². The standard InChI is InChI=1S/C29H26N6O4/c1-18-12-22-23(13-25(18)37-2)31-11-9-24(22)39-21-7-8-27(32-15-21)33-29(36)28-26(38-17-19-5-6-19)16-35(34-28)20-4-3-10-30-14-20/h3-4,7-16,19H,5-6,17H2,1-2H3,(H,32,33,36). The number of hydrogen-bond donors (Lipinski definition) is 1. The van der Waals surface area contributed by atoms with Crippen LogP contribution in [-0.4, -0.2) is 44.4 Å². The Balaban J connectivity index is 1.19. The molecule has 0 unspecified atom stereocenters. The van der Waals surface area contributed by atoms with Crippen LogP contribution >= 0.6 is 0 Å². The third-order valence-corrected chi connectivity index (χ3v) is 6.40. The number of pyridine rings is 3. The SMILES string of the molecule is COc1cc2nccc(Oc3ccc(NC(=O)c4nn(-c5cccnc5)cc4OCC4CC4)nc3)c2cc1C. The van der Waals surface area contributed by atoms with Gasteiger partial charge in [0, 0.05) is 23.8 Å². The van der Waals surface area contributed by atoms with Crippen LogP contribution in [0, 0.1) is 12.8 Å². The summed E-state index contributed by atoms with van der Waals surface area (Å²) in [7, 11) is 1.63. The van der Waals surface area contributed by atoms with E-state index >= 15 is 0 Å². The maximum atomic E-state index is 13.2. The van der Waals surface area contributed by atoms with Gasteiger partial charge in [-0.1, -0.05) is 0 Å². The summed E-state index contributed by atoms with van der Waals surface area (Å²) in [5, 5.41) is 8.13. The summed E-state index contributed by atoms with van der Waals surface area (Å²) in [4.78, 5) is 26.1. The molecule has 4 heterocycles. The van der Waals surface area contributed by atoms with Gasteiger partial charge in [-0.3, -0.25) is 14.8 Å². The zero-order chi connectivity index (χ0) is 26.8. The molecule has 0 spiro atoms. The van der Waals surface area contributed by atoms with Crippen LogP contribution in [0.2, 0.25) is 0 Å². The minimum absolute atomic E-state index is 0.177. The molecule has 39 heavy (non-hydrogen) atoms. The molecule has 6 rings (SSSR count). The van der Waals surface area contributed by atoms with Crippen LogP contribution in [0.3, 0.4) is 0 Å². The number of carbonyl (C=O) groups is 1. The highest BCUT2D eigenvalue weighted by Crippen LogP contribution is 2.33. The van der Waals surface area contributed by atoms with Gasteiger partial charge in [-0.05, 0) is 67.6 Å². The minimum atomic E-state index is -0.422. The molecular weight excluding hydrogens is 496 g/mol. The summed E-state index contributed by atoms with van der Waals surface area (Å²) in [5.74, 6) is 2.80. The number of ether oxygens (including phenoxy) is 3. The van der Waals surface area contributed by atoms with Gasteiger partial charge < -0.3 is 19.5 Å². The van der Waals surface area contributed by atoms with Crippen LogP contribution in [0.5, 0.6) is 23.0 Å². The average Bonchev–Trinajstić information content (AvgIpc) is 3.70. The van der Waals surface area contributed by atoms with Crippen LogP contribution in [0.15, 0.2) is 73.4 Å². The number of methoxy groups -OCH3 is 1. The summed E-state index contributed by atoms with van der Waals surface area (Å²) in [6, 6.07) is 12.7. The predicted octanol–water partition coefficient (Wildman–Crippen LogP) is 5.36. The van der Waals surface area contributed by atoms with Crippen molar-refractivity contribution >= 4 is 22.6 Å². The van der Waals surface area contributed by atoms with Gasteiger partial charge >= 0.3 is 0 Å². The average molecular weight is 523 g/mol. The summed E-state index contributed by atoms with van der Waals surface area (Å²) in [6.45, 7) is 2.52. The molecule has 0 aliphatic heterocycles. The Kier molecular flexibility index (Phi) is 6.50. The maximum absolute atomic E-state index is 13.2. The fourth-order valence-electron chi connectivity index (χ4n) is 4.12. The molecule has 0 bridgehead atoms. The van der Waals surface area contributed by atoms with Crippen LogP contribution in [-0.2, 0) is 0 Å². The lowest BCUT2D eigenvalue weighted by molar-refractivity contribution is 0.101. The number of benzene rings is 1. The number of fused-ring (bicyclic) bond motifs is 1. The van der Waals surface area contributed by atoms with E-state index in [1.165, 1.54) is 0 Å². The molecule has 1 N–H and O–H groups in total. The molecule has 1 aliphatic rings. The number of carbonyl (C=O) groups excluding carboxylic acids is 1. The molecule has 1 aliphatic carbocycles. The first kappa shape index (κ1) is 24.4. The highest BCUT2D eigenvalue weighted by molar-refractivity contribution is 6.04. The third kappa shape index (κ3) is 5.35. The van der Waals surface area contributed by atoms with Crippen LogP contribution in [0.1, 0.15) is 28.9 Å². The van der Waals surface area contributed by atoms with E-state index in [4.69, 9.17) is 14.2 Å². The summed E-state index contributed by atoms with van der Waals surface area (Å²) < 4.78 is 19.0. The Hall–Kier alpha value is -4.99. The lowest BCUT2D eigenvalue weighted by Gasteiger charge is -2.11. The molecule has 0 saturated heterocycles. The van der Waals surface area contributed by atoms with E-state index in [1.54, 1.807) is 61.0 Å². The molecule has 0 atom stereocenters. The van der Waals surface area contributed by atoms with Crippen molar-refractivity contribution in [2.45, 2.75) is 19.8 Å². The molecule has 10 heteroatoms. The van der Waals surface area contributed by atoms with Gasteiger partial charge in [0.15, 0.2) is 11.4 Å². The molecule has 10 nitrogen and oxygen atoms in total. The number of amides is 1. The van der Waals surface area contributed by atoms with E-state index < -0.39 is 5.91 Å². The van der Waals surface area contributed by atoms with Crippen molar-refractivity contribution in [3.8, 4) is 28.7 Å². The largest absolute Gasteiger partial charge is 0.496 e. The van der Waals surface area contributed by atoms with Gasteiger partial charge in [0.2, 0.25) is 0 Å². The monoisotopic (exact) mass is 522 g/mol. The third-order valence-electron chi connectivity index (χ3n) is 6.40. The number of aromatic nitrogens is 5. The van der Waals surface area contributed by atoms with Crippen molar-refractivity contribution in [3.63, 3.8) is 0 Å². The molecule has 1 fully saturated rings.